The van der Waals surface area contributed by atoms with Crippen molar-refractivity contribution in [2.24, 2.45) is 7.05 Å². The Balaban J connectivity index is 1.49. The summed E-state index contributed by atoms with van der Waals surface area (Å²) in [7, 11) is 1.82. The number of urea groups is 1. The summed E-state index contributed by atoms with van der Waals surface area (Å²) in [5, 5.41) is 14.4. The summed E-state index contributed by atoms with van der Waals surface area (Å²) in [6, 6.07) is 16.2. The molecule has 7 nitrogen and oxygen atoms in total. The molecule has 2 N–H and O–H groups in total. The molecule has 0 atom stereocenters. The van der Waals surface area contributed by atoms with Crippen LogP contribution in [0.1, 0.15) is 5.56 Å². The second-order valence-electron chi connectivity index (χ2n) is 5.88. The fourth-order valence-electron chi connectivity index (χ4n) is 2.41. The molecule has 3 aromatic rings. The quantitative estimate of drug-likeness (QED) is 0.603. The molecule has 0 unspecified atom stereocenters. The Morgan fingerprint density at radius 3 is 2.50 bits per heavy atom. The van der Waals surface area contributed by atoms with Gasteiger partial charge in [0.1, 0.15) is 0 Å². The van der Waals surface area contributed by atoms with E-state index >= 15 is 0 Å². The fraction of sp³-hybridized carbons (Fsp3) is 0.158. The Bertz CT molecular complexity index is 960. The number of amides is 3. The van der Waals surface area contributed by atoms with Gasteiger partial charge in [-0.3, -0.25) is 10.1 Å². The van der Waals surface area contributed by atoms with Gasteiger partial charge in [-0.15, -0.1) is 10.2 Å². The molecule has 2 aromatic carbocycles. The van der Waals surface area contributed by atoms with E-state index in [1.54, 1.807) is 16.7 Å². The molecule has 0 radical (unpaired) electrons. The zero-order chi connectivity index (χ0) is 19.9. The molecule has 1 aromatic heterocycles. The number of rotatable bonds is 6. The molecular weight excluding hydrogens is 398 g/mol. The van der Waals surface area contributed by atoms with Crippen LogP contribution in [0, 0.1) is 0 Å². The van der Waals surface area contributed by atoms with Crippen LogP contribution in [0.4, 0.5) is 4.79 Å². The Kier molecular flexibility index (Phi) is 6.67. The van der Waals surface area contributed by atoms with Gasteiger partial charge in [-0.2, -0.15) is 0 Å². The highest BCUT2D eigenvalue weighted by molar-refractivity contribution is 7.99. The molecule has 3 rings (SSSR count). The minimum atomic E-state index is -0.533. The standard InChI is InChI=1S/C19H18ClN5O2S/c1-25-17(14-7-9-15(20)10-8-14)23-24-19(25)28-12-16(26)22-18(27)21-11-13-5-3-2-4-6-13/h2-10H,11-12H2,1H3,(H2,21,22,26,27). The summed E-state index contributed by atoms with van der Waals surface area (Å²) in [5.41, 5.74) is 1.82. The molecule has 144 valence electrons. The van der Waals surface area contributed by atoms with Gasteiger partial charge >= 0.3 is 6.03 Å². The number of aromatic nitrogens is 3. The van der Waals surface area contributed by atoms with Crippen molar-refractivity contribution < 1.29 is 9.59 Å². The Labute approximate surface area is 171 Å². The van der Waals surface area contributed by atoms with Crippen LogP contribution >= 0.6 is 23.4 Å². The number of nitrogens with one attached hydrogen (secondary N) is 2. The number of nitrogens with zero attached hydrogens (tertiary/aromatic N) is 3. The van der Waals surface area contributed by atoms with Crippen molar-refractivity contribution in [3.63, 3.8) is 0 Å². The summed E-state index contributed by atoms with van der Waals surface area (Å²) in [4.78, 5) is 23.8. The Hall–Kier alpha value is -2.84. The van der Waals surface area contributed by atoms with Crippen LogP contribution in [0.15, 0.2) is 59.8 Å². The van der Waals surface area contributed by atoms with E-state index in [2.05, 4.69) is 20.8 Å². The average molecular weight is 416 g/mol. The number of hydrogen-bond donors (Lipinski definition) is 2. The number of thioether (sulfide) groups is 1. The summed E-state index contributed by atoms with van der Waals surface area (Å²) in [5.74, 6) is 0.303. The van der Waals surface area contributed by atoms with E-state index in [9.17, 15) is 9.59 Å². The Morgan fingerprint density at radius 1 is 1.07 bits per heavy atom. The maximum absolute atomic E-state index is 12.0. The van der Waals surface area contributed by atoms with Crippen LogP contribution in [0.5, 0.6) is 0 Å². The van der Waals surface area contributed by atoms with Gasteiger partial charge in [-0.05, 0) is 29.8 Å². The summed E-state index contributed by atoms with van der Waals surface area (Å²) >= 11 is 7.10. The van der Waals surface area contributed by atoms with E-state index < -0.39 is 11.9 Å². The summed E-state index contributed by atoms with van der Waals surface area (Å²) in [6.07, 6.45) is 0. The molecule has 0 spiro atoms. The van der Waals surface area contributed by atoms with Crippen molar-refractivity contribution in [3.05, 3.63) is 65.2 Å². The first-order valence-corrected chi connectivity index (χ1v) is 9.79. The molecule has 3 amide bonds. The van der Waals surface area contributed by atoms with E-state index in [1.165, 1.54) is 11.8 Å². The average Bonchev–Trinajstić information content (AvgIpc) is 3.07. The Morgan fingerprint density at radius 2 is 1.79 bits per heavy atom. The first-order chi connectivity index (χ1) is 13.5. The highest BCUT2D eigenvalue weighted by Gasteiger charge is 2.14. The van der Waals surface area contributed by atoms with Crippen LogP contribution in [-0.2, 0) is 18.4 Å². The topological polar surface area (TPSA) is 88.9 Å². The zero-order valence-electron chi connectivity index (χ0n) is 15.1. The predicted octanol–water partition coefficient (Wildman–Crippen LogP) is 3.25. The molecule has 0 saturated heterocycles. The monoisotopic (exact) mass is 415 g/mol. The van der Waals surface area contributed by atoms with E-state index in [1.807, 2.05) is 49.5 Å². The third kappa shape index (κ3) is 5.34. The number of hydrogen-bond acceptors (Lipinski definition) is 5. The number of imide groups is 1. The van der Waals surface area contributed by atoms with Crippen molar-refractivity contribution in [1.29, 1.82) is 0 Å². The zero-order valence-corrected chi connectivity index (χ0v) is 16.6. The van der Waals surface area contributed by atoms with Gasteiger partial charge in [0, 0.05) is 24.2 Å². The lowest BCUT2D eigenvalue weighted by atomic mass is 10.2. The molecule has 0 saturated carbocycles. The summed E-state index contributed by atoms with van der Waals surface area (Å²) in [6.45, 7) is 0.348. The minimum absolute atomic E-state index is 0.0470. The van der Waals surface area contributed by atoms with Gasteiger partial charge in [-0.1, -0.05) is 53.7 Å². The normalized spacial score (nSPS) is 10.5. The van der Waals surface area contributed by atoms with Gasteiger partial charge in [-0.25, -0.2) is 4.79 Å². The van der Waals surface area contributed by atoms with Gasteiger partial charge in [0.15, 0.2) is 11.0 Å². The van der Waals surface area contributed by atoms with Crippen molar-refractivity contribution in [1.82, 2.24) is 25.4 Å². The largest absolute Gasteiger partial charge is 0.334 e. The fourth-order valence-corrected chi connectivity index (χ4v) is 3.24. The van der Waals surface area contributed by atoms with Crippen molar-refractivity contribution in [2.45, 2.75) is 11.7 Å². The van der Waals surface area contributed by atoms with E-state index in [4.69, 9.17) is 11.6 Å². The number of benzene rings is 2. The van der Waals surface area contributed by atoms with E-state index in [0.29, 0.717) is 22.5 Å². The molecule has 28 heavy (non-hydrogen) atoms. The van der Waals surface area contributed by atoms with Crippen molar-refractivity contribution in [2.75, 3.05) is 5.75 Å². The maximum atomic E-state index is 12.0. The van der Waals surface area contributed by atoms with Crippen LogP contribution < -0.4 is 10.6 Å². The third-order valence-corrected chi connectivity index (χ3v) is 5.09. The second kappa shape index (κ2) is 9.38. The maximum Gasteiger partial charge on any atom is 0.321 e. The van der Waals surface area contributed by atoms with Crippen LogP contribution in [0.2, 0.25) is 5.02 Å². The lowest BCUT2D eigenvalue weighted by Gasteiger charge is -2.07. The molecule has 0 bridgehead atoms. The molecule has 0 aliphatic rings. The highest BCUT2D eigenvalue weighted by atomic mass is 35.5. The molecule has 0 aliphatic carbocycles. The van der Waals surface area contributed by atoms with Crippen LogP contribution in [-0.4, -0.2) is 32.5 Å². The number of carbonyl (C=O) groups is 2. The summed E-state index contributed by atoms with van der Waals surface area (Å²) < 4.78 is 1.79. The molecule has 0 aliphatic heterocycles. The van der Waals surface area contributed by atoms with Gasteiger partial charge < -0.3 is 9.88 Å². The molecular formula is C19H18ClN5O2S. The lowest BCUT2D eigenvalue weighted by Crippen LogP contribution is -2.39. The number of carbonyl (C=O) groups excluding carboxylic acids is 2. The van der Waals surface area contributed by atoms with Crippen LogP contribution in [0.3, 0.4) is 0 Å². The minimum Gasteiger partial charge on any atom is -0.334 e. The van der Waals surface area contributed by atoms with Gasteiger partial charge in [0.05, 0.1) is 5.75 Å². The molecule has 0 fully saturated rings. The second-order valence-corrected chi connectivity index (χ2v) is 7.26. The van der Waals surface area contributed by atoms with E-state index in [0.717, 1.165) is 11.1 Å². The predicted molar refractivity (Wildman–Crippen MR) is 109 cm³/mol. The third-order valence-electron chi connectivity index (χ3n) is 3.82. The first-order valence-electron chi connectivity index (χ1n) is 8.42. The van der Waals surface area contributed by atoms with Crippen molar-refractivity contribution >= 4 is 35.3 Å². The van der Waals surface area contributed by atoms with Crippen molar-refractivity contribution in [3.8, 4) is 11.4 Å². The first kappa shape index (κ1) is 19.9. The highest BCUT2D eigenvalue weighted by Crippen LogP contribution is 2.23. The smallest absolute Gasteiger partial charge is 0.321 e. The molecule has 9 heteroatoms. The van der Waals surface area contributed by atoms with E-state index in [-0.39, 0.29) is 5.75 Å². The SMILES string of the molecule is Cn1c(SCC(=O)NC(=O)NCc2ccccc2)nnc1-c1ccc(Cl)cc1. The molecule has 1 heterocycles. The van der Waals surface area contributed by atoms with Gasteiger partial charge in [0.25, 0.3) is 0 Å². The van der Waals surface area contributed by atoms with Gasteiger partial charge in [0.2, 0.25) is 5.91 Å². The lowest BCUT2D eigenvalue weighted by molar-refractivity contribution is -0.117. The van der Waals surface area contributed by atoms with Crippen LogP contribution in [0.25, 0.3) is 11.4 Å². The number of halogens is 1.